The summed E-state index contributed by atoms with van der Waals surface area (Å²) >= 11 is 0. The van der Waals surface area contributed by atoms with Crippen LogP contribution in [0.1, 0.15) is 146 Å². The summed E-state index contributed by atoms with van der Waals surface area (Å²) in [6, 6.07) is -8.61. The van der Waals surface area contributed by atoms with E-state index in [9.17, 15) is 57.5 Å². The van der Waals surface area contributed by atoms with E-state index in [0.717, 1.165) is 0 Å². The fourth-order valence-corrected chi connectivity index (χ4v) is 10.9. The van der Waals surface area contributed by atoms with Gasteiger partial charge in [-0.15, -0.1) is 0 Å². The molecule has 0 saturated carbocycles. The molecule has 0 aliphatic carbocycles. The third kappa shape index (κ3) is 33.6. The molecular formula is C68H121N27O12. The Kier molecular flexibility index (Phi) is 40.7. The number of benzene rings is 1. The Labute approximate surface area is 625 Å². The summed E-state index contributed by atoms with van der Waals surface area (Å²) in [5, 5.41) is 30.0. The number of fused-ring (bicyclic) bond motifs is 1. The molecule has 1 aromatic heterocycles. The number of carbonyl (C=O) groups excluding carboxylic acids is 12. The maximum Gasteiger partial charge on any atom is 0.244 e. The van der Waals surface area contributed by atoms with Crippen molar-refractivity contribution in [3.63, 3.8) is 0 Å². The SMILES string of the molecule is CC[C@H](C)[C@H](NC(=O)[C@H](CC(C)C)NC(=O)[C@H](CCCN=C(N)N)NC(=O)[C@@H](N)C(C)C)C(=O)N[C@H](C(=O)N[C@@H](C)C(=O)N[C@H](C(=O)N[C@@H](CCCN=C(N)N)C(=O)N[C@@H](CN)C(=O)N[C@@H](Cc1c[nH]c2ccccc12)C(=O)N[C@@H](CCCN=C(N)N)C(=O)N[C@@H](CCCN=C(N)N)C(N)=O)C(C)C)C(C)C. The summed E-state index contributed by atoms with van der Waals surface area (Å²) in [4.78, 5) is 188. The van der Waals surface area contributed by atoms with Gasteiger partial charge in [-0.2, -0.15) is 0 Å². The fraction of sp³-hybridized carbons (Fsp3) is 0.647. The van der Waals surface area contributed by atoms with E-state index < -0.39 is 168 Å². The van der Waals surface area contributed by atoms with Gasteiger partial charge in [0.1, 0.15) is 66.5 Å². The second-order valence-electron chi connectivity index (χ2n) is 27.9. The first kappa shape index (κ1) is 92.5. The number of amides is 12. The van der Waals surface area contributed by atoms with Crippen molar-refractivity contribution in [2.45, 2.75) is 219 Å². The van der Waals surface area contributed by atoms with Crippen LogP contribution in [0.3, 0.4) is 0 Å². The van der Waals surface area contributed by atoms with Gasteiger partial charge in [-0.3, -0.25) is 77.5 Å². The Morgan fingerprint density at radius 2 is 0.757 bits per heavy atom. The summed E-state index contributed by atoms with van der Waals surface area (Å²) in [6.07, 6.45) is 2.53. The molecule has 0 unspecified atom stereocenters. The van der Waals surface area contributed by atoms with E-state index in [1.807, 2.05) is 13.8 Å². The lowest BCUT2D eigenvalue weighted by Gasteiger charge is -2.31. The maximum atomic E-state index is 14.7. The maximum absolute atomic E-state index is 14.7. The van der Waals surface area contributed by atoms with Crippen LogP contribution in [0, 0.1) is 29.6 Å². The minimum atomic E-state index is -1.59. The summed E-state index contributed by atoms with van der Waals surface area (Å²) in [5.74, 6) is -12.9. The second kappa shape index (κ2) is 47.1. The number of guanidine groups is 4. The number of H-pyrrole nitrogens is 1. The van der Waals surface area contributed by atoms with Crippen LogP contribution >= 0.6 is 0 Å². The highest BCUT2D eigenvalue weighted by atomic mass is 16.2. The number of nitrogens with one attached hydrogen (secondary N) is 12. The topological polar surface area (TPSA) is 689 Å². The standard InChI is InChI=1S/C68H121N27O12/c1-12-37(10)52(95-59(102)46(29-33(2)3)90-56(99)44(23-17-27-82-67(76)77)88-61(104)49(70)34(4)5)64(107)94-50(35(6)7)62(105)85-38(11)54(97)93-51(36(8)9)63(106)89-45(24-18-28-83-68(78)79)57(100)92-48(31-69)60(103)91-47(30-39-32-84-41-20-14-13-19-40(39)41)58(101)87-43(22-16-26-81-66(74)75)55(98)86-42(53(71)96)21-15-25-80-65(72)73/h13-14,19-20,32-38,42-52,84H,12,15-18,21-31,69-70H2,1-11H3,(H2,71,96)(H,85,105)(H,86,98)(H,87,101)(H,88,104)(H,89,106)(H,90,99)(H,91,103)(H,92,100)(H,93,97)(H,94,107)(H,95,102)(H4,72,73,80)(H4,74,75,81)(H4,76,77,82)(H4,78,79,83)/t37-,38-,42-,43-,44-,45-,46-,47-,48-,49-,50-,51-,52-/m0/s1. The zero-order valence-electron chi connectivity index (χ0n) is 63.6. The number of aromatic nitrogens is 1. The van der Waals surface area contributed by atoms with Crippen LogP contribution in [-0.4, -0.2) is 205 Å². The molecule has 39 nitrogen and oxygen atoms in total. The van der Waals surface area contributed by atoms with Crippen LogP contribution in [0.25, 0.3) is 10.9 Å². The largest absolute Gasteiger partial charge is 0.370 e. The molecule has 0 saturated heterocycles. The quantitative estimate of drug-likeness (QED) is 0.0167. The van der Waals surface area contributed by atoms with Gasteiger partial charge >= 0.3 is 0 Å². The van der Waals surface area contributed by atoms with E-state index in [2.05, 4.69) is 83.4 Å². The molecule has 39 heteroatoms. The van der Waals surface area contributed by atoms with Crippen LogP contribution < -0.4 is 122 Å². The van der Waals surface area contributed by atoms with Gasteiger partial charge in [0, 0.05) is 56.2 Å². The number of hydrogen-bond acceptors (Lipinski definition) is 18. The van der Waals surface area contributed by atoms with Crippen molar-refractivity contribution in [2.24, 2.45) is 113 Å². The third-order valence-corrected chi connectivity index (χ3v) is 17.3. The van der Waals surface area contributed by atoms with Gasteiger partial charge in [0.2, 0.25) is 70.9 Å². The lowest BCUT2D eigenvalue weighted by atomic mass is 9.95. The predicted molar refractivity (Wildman–Crippen MR) is 408 cm³/mol. The summed E-state index contributed by atoms with van der Waals surface area (Å²) < 4.78 is 0. The number of nitrogens with two attached hydrogens (primary N) is 11. The fourth-order valence-electron chi connectivity index (χ4n) is 10.9. The number of nitrogens with zero attached hydrogens (tertiary/aromatic N) is 4. The molecule has 34 N–H and O–H groups in total. The summed E-state index contributed by atoms with van der Waals surface area (Å²) in [6.45, 7) is 18.2. The van der Waals surface area contributed by atoms with E-state index in [4.69, 9.17) is 63.1 Å². The van der Waals surface area contributed by atoms with Crippen molar-refractivity contribution in [1.29, 1.82) is 0 Å². The average molecular weight is 1510 g/mol. The van der Waals surface area contributed by atoms with Crippen LogP contribution in [0.2, 0.25) is 0 Å². The van der Waals surface area contributed by atoms with Gasteiger partial charge in [0.25, 0.3) is 0 Å². The van der Waals surface area contributed by atoms with E-state index >= 15 is 0 Å². The second-order valence-corrected chi connectivity index (χ2v) is 27.9. The monoisotopic (exact) mass is 1510 g/mol. The van der Waals surface area contributed by atoms with Gasteiger partial charge < -0.3 is 127 Å². The van der Waals surface area contributed by atoms with Crippen molar-refractivity contribution >= 4 is 106 Å². The number of aliphatic imine (C=N–C) groups is 4. The van der Waals surface area contributed by atoms with Crippen LogP contribution in [0.4, 0.5) is 0 Å². The van der Waals surface area contributed by atoms with E-state index in [1.54, 1.807) is 85.9 Å². The van der Waals surface area contributed by atoms with Gasteiger partial charge in [-0.05, 0) is 106 Å². The van der Waals surface area contributed by atoms with Crippen molar-refractivity contribution in [3.05, 3.63) is 36.0 Å². The number of primary amides is 1. The molecule has 13 atom stereocenters. The molecule has 0 radical (unpaired) electrons. The Hall–Kier alpha value is -10.6. The molecule has 0 bridgehead atoms. The molecule has 12 amide bonds. The number of aromatic amines is 1. The first-order valence-electron chi connectivity index (χ1n) is 36.1. The van der Waals surface area contributed by atoms with Crippen LogP contribution in [0.15, 0.2) is 50.4 Å². The molecule has 0 spiro atoms. The molecule has 0 fully saturated rings. The Bertz CT molecular complexity index is 3400. The molecule has 0 aliphatic rings. The molecule has 1 aromatic carbocycles. The van der Waals surface area contributed by atoms with Gasteiger partial charge in [0.15, 0.2) is 23.8 Å². The highest BCUT2D eigenvalue weighted by Crippen LogP contribution is 2.21. The minimum absolute atomic E-state index is 0.0160. The Morgan fingerprint density at radius 1 is 0.402 bits per heavy atom. The molecular weight excluding hydrogens is 1390 g/mol. The Balaban J connectivity index is 2.46. The highest BCUT2D eigenvalue weighted by Gasteiger charge is 2.38. The van der Waals surface area contributed by atoms with Gasteiger partial charge in [0.05, 0.1) is 6.04 Å². The van der Waals surface area contributed by atoms with Crippen molar-refractivity contribution < 1.29 is 57.5 Å². The number of rotatable bonds is 49. The molecule has 1 heterocycles. The first-order valence-corrected chi connectivity index (χ1v) is 36.1. The molecule has 2 aromatic rings. The smallest absolute Gasteiger partial charge is 0.244 e. The normalized spacial score (nSPS) is 14.9. The lowest BCUT2D eigenvalue weighted by Crippen LogP contribution is -2.62. The number of hydrogen-bond donors (Lipinski definition) is 23. The minimum Gasteiger partial charge on any atom is -0.370 e. The zero-order chi connectivity index (χ0) is 80.9. The molecule has 107 heavy (non-hydrogen) atoms. The van der Waals surface area contributed by atoms with Crippen LogP contribution in [-0.2, 0) is 64.0 Å². The zero-order valence-corrected chi connectivity index (χ0v) is 63.6. The Morgan fingerprint density at radius 3 is 1.19 bits per heavy atom. The summed E-state index contributed by atoms with van der Waals surface area (Å²) in [5.41, 5.74) is 63.3. The molecule has 2 rings (SSSR count). The molecule has 600 valence electrons. The number of para-hydroxylation sites is 1. The van der Waals surface area contributed by atoms with E-state index in [-0.39, 0.29) is 126 Å². The third-order valence-electron chi connectivity index (χ3n) is 17.3. The van der Waals surface area contributed by atoms with E-state index in [1.165, 1.54) is 6.92 Å². The average Bonchev–Trinajstić information content (AvgIpc) is 1.73. The first-order chi connectivity index (χ1) is 50.2. The van der Waals surface area contributed by atoms with Crippen LogP contribution in [0.5, 0.6) is 0 Å². The van der Waals surface area contributed by atoms with Gasteiger partial charge in [-0.25, -0.2) is 0 Å². The van der Waals surface area contributed by atoms with Crippen molar-refractivity contribution in [1.82, 2.24) is 63.5 Å². The predicted octanol–water partition coefficient (Wildman–Crippen LogP) is -5.89. The lowest BCUT2D eigenvalue weighted by molar-refractivity contribution is -0.137. The van der Waals surface area contributed by atoms with E-state index in [0.29, 0.717) is 22.9 Å². The van der Waals surface area contributed by atoms with Crippen molar-refractivity contribution in [2.75, 3.05) is 32.7 Å². The van der Waals surface area contributed by atoms with Gasteiger partial charge in [-0.1, -0.05) is 93.9 Å². The van der Waals surface area contributed by atoms with Crippen molar-refractivity contribution in [3.8, 4) is 0 Å². The number of carbonyl (C=O) groups is 12. The summed E-state index contributed by atoms with van der Waals surface area (Å²) in [7, 11) is 0. The molecule has 0 aliphatic heterocycles. The highest BCUT2D eigenvalue weighted by molar-refractivity contribution is 6.00.